The van der Waals surface area contributed by atoms with E-state index >= 15 is 0 Å². The second kappa shape index (κ2) is 11.6. The van der Waals surface area contributed by atoms with Gasteiger partial charge in [0.15, 0.2) is 0 Å². The van der Waals surface area contributed by atoms with Gasteiger partial charge in [-0.25, -0.2) is 10.1 Å². The van der Waals surface area contributed by atoms with Crippen LogP contribution in [0.2, 0.25) is 0 Å². The fraction of sp³-hybridized carbons (Fsp3) is 0.286. The fourth-order valence-corrected chi connectivity index (χ4v) is 2.75. The molecule has 0 saturated carbocycles. The summed E-state index contributed by atoms with van der Waals surface area (Å²) in [7, 11) is 2.80. The van der Waals surface area contributed by atoms with Crippen LogP contribution >= 0.6 is 0 Å². The lowest BCUT2D eigenvalue weighted by Crippen LogP contribution is -2.35. The van der Waals surface area contributed by atoms with Crippen LogP contribution in [0.1, 0.15) is 36.3 Å². The monoisotopic (exact) mass is 385 g/mol. The van der Waals surface area contributed by atoms with Crippen molar-refractivity contribution in [3.05, 3.63) is 80.2 Å². The van der Waals surface area contributed by atoms with Crippen molar-refractivity contribution in [3.8, 4) is 0 Å². The molecule has 7 nitrogen and oxygen atoms in total. The zero-order valence-electron chi connectivity index (χ0n) is 16.4. The first-order chi connectivity index (χ1) is 13.5. The van der Waals surface area contributed by atoms with E-state index in [2.05, 4.69) is 31.3 Å². The van der Waals surface area contributed by atoms with E-state index in [1.165, 1.54) is 36.5 Å². The Hall–Kier alpha value is -3.03. The van der Waals surface area contributed by atoms with E-state index in [-0.39, 0.29) is 0 Å². The SMILES string of the molecule is C=CCC(c1cccc(C(CC=C)N(OC)C(=O)C=C)n1)N(OC)C(=O)C=C. The van der Waals surface area contributed by atoms with E-state index in [0.717, 1.165) is 0 Å². The molecule has 0 radical (unpaired) electrons. The van der Waals surface area contributed by atoms with Gasteiger partial charge in [-0.2, -0.15) is 0 Å². The molecule has 0 aliphatic heterocycles. The summed E-state index contributed by atoms with van der Waals surface area (Å²) in [4.78, 5) is 39.5. The molecule has 7 heteroatoms. The average molecular weight is 385 g/mol. The number of aromatic nitrogens is 1. The molecule has 0 N–H and O–H groups in total. The van der Waals surface area contributed by atoms with E-state index in [0.29, 0.717) is 24.2 Å². The largest absolute Gasteiger partial charge is 0.273 e. The lowest BCUT2D eigenvalue weighted by molar-refractivity contribution is -0.184. The highest BCUT2D eigenvalue weighted by molar-refractivity contribution is 5.86. The normalized spacial score (nSPS) is 12.4. The molecule has 0 bridgehead atoms. The lowest BCUT2D eigenvalue weighted by atomic mass is 10.0. The van der Waals surface area contributed by atoms with Gasteiger partial charge < -0.3 is 0 Å². The summed E-state index contributed by atoms with van der Waals surface area (Å²) in [5.74, 6) is -0.797. The van der Waals surface area contributed by atoms with Gasteiger partial charge in [0.1, 0.15) is 12.1 Å². The summed E-state index contributed by atoms with van der Waals surface area (Å²) >= 11 is 0. The molecule has 2 atom stereocenters. The van der Waals surface area contributed by atoms with Crippen LogP contribution < -0.4 is 0 Å². The zero-order chi connectivity index (χ0) is 21.1. The summed E-state index contributed by atoms with van der Waals surface area (Å²) in [5.41, 5.74) is 1.15. The number of pyridine rings is 1. The quantitative estimate of drug-likeness (QED) is 0.313. The van der Waals surface area contributed by atoms with E-state index < -0.39 is 23.9 Å². The van der Waals surface area contributed by atoms with Crippen LogP contribution in [0.3, 0.4) is 0 Å². The van der Waals surface area contributed by atoms with Gasteiger partial charge in [-0.15, -0.1) is 13.2 Å². The van der Waals surface area contributed by atoms with Crippen molar-refractivity contribution in [1.82, 2.24) is 15.1 Å². The van der Waals surface area contributed by atoms with Crippen molar-refractivity contribution in [2.75, 3.05) is 14.2 Å². The average Bonchev–Trinajstić information content (AvgIpc) is 2.73. The first-order valence-corrected chi connectivity index (χ1v) is 8.67. The minimum atomic E-state index is -0.511. The predicted molar refractivity (Wildman–Crippen MR) is 107 cm³/mol. The van der Waals surface area contributed by atoms with E-state index in [4.69, 9.17) is 9.68 Å². The summed E-state index contributed by atoms with van der Waals surface area (Å²) in [6.45, 7) is 14.5. The Labute approximate surface area is 166 Å². The summed E-state index contributed by atoms with van der Waals surface area (Å²) < 4.78 is 0. The summed E-state index contributed by atoms with van der Waals surface area (Å²) in [6, 6.07) is 4.32. The predicted octanol–water partition coefficient (Wildman–Crippen LogP) is 3.47. The van der Waals surface area contributed by atoms with Crippen LogP contribution in [0.4, 0.5) is 0 Å². The molecule has 0 aromatic carbocycles. The molecule has 0 aliphatic carbocycles. The van der Waals surface area contributed by atoms with Gasteiger partial charge in [-0.3, -0.25) is 24.2 Å². The summed E-state index contributed by atoms with van der Waals surface area (Å²) in [5, 5.41) is 2.37. The molecule has 0 aliphatic rings. The third-order valence-corrected chi connectivity index (χ3v) is 4.00. The number of nitrogens with zero attached hydrogens (tertiary/aromatic N) is 3. The summed E-state index contributed by atoms with van der Waals surface area (Å²) in [6.07, 6.45) is 6.50. The fourth-order valence-electron chi connectivity index (χ4n) is 2.75. The van der Waals surface area contributed by atoms with Crippen LogP contribution in [-0.4, -0.2) is 41.1 Å². The van der Waals surface area contributed by atoms with Gasteiger partial charge in [-0.05, 0) is 37.1 Å². The molecular weight excluding hydrogens is 358 g/mol. The van der Waals surface area contributed by atoms with Gasteiger partial charge in [-0.1, -0.05) is 31.4 Å². The number of carbonyl (C=O) groups excluding carboxylic acids is 2. The molecule has 28 heavy (non-hydrogen) atoms. The first kappa shape index (κ1) is 23.0. The second-order valence-corrected chi connectivity index (χ2v) is 5.67. The topological polar surface area (TPSA) is 72.0 Å². The Morgan fingerprint density at radius 3 is 1.61 bits per heavy atom. The number of hydroxylamine groups is 4. The van der Waals surface area contributed by atoms with Crippen LogP contribution in [0.15, 0.2) is 68.8 Å². The van der Waals surface area contributed by atoms with E-state index in [9.17, 15) is 9.59 Å². The van der Waals surface area contributed by atoms with Crippen LogP contribution in [0.25, 0.3) is 0 Å². The van der Waals surface area contributed by atoms with Gasteiger partial charge in [0.25, 0.3) is 11.8 Å². The Balaban J connectivity index is 3.41. The highest BCUT2D eigenvalue weighted by Gasteiger charge is 2.28. The third-order valence-electron chi connectivity index (χ3n) is 4.00. The number of rotatable bonds is 12. The second-order valence-electron chi connectivity index (χ2n) is 5.67. The van der Waals surface area contributed by atoms with Crippen molar-refractivity contribution in [1.29, 1.82) is 0 Å². The number of carbonyl (C=O) groups is 2. The molecule has 1 aromatic heterocycles. The van der Waals surface area contributed by atoms with Crippen molar-refractivity contribution in [3.63, 3.8) is 0 Å². The molecule has 2 unspecified atom stereocenters. The molecular formula is C21H27N3O4. The highest BCUT2D eigenvalue weighted by Crippen LogP contribution is 2.28. The van der Waals surface area contributed by atoms with Crippen molar-refractivity contribution < 1.29 is 19.3 Å². The van der Waals surface area contributed by atoms with E-state index in [1.54, 1.807) is 30.4 Å². The minimum Gasteiger partial charge on any atom is -0.273 e. The lowest BCUT2D eigenvalue weighted by Gasteiger charge is -2.30. The molecule has 2 amide bonds. The number of amides is 2. The maximum Gasteiger partial charge on any atom is 0.270 e. The Bertz CT molecular complexity index is 675. The molecule has 1 heterocycles. The number of hydrogen-bond donors (Lipinski definition) is 0. The highest BCUT2D eigenvalue weighted by atomic mass is 16.7. The minimum absolute atomic E-state index is 0.399. The van der Waals surface area contributed by atoms with Crippen LogP contribution in [-0.2, 0) is 19.3 Å². The van der Waals surface area contributed by atoms with Gasteiger partial charge in [0.05, 0.1) is 25.6 Å². The van der Waals surface area contributed by atoms with Crippen molar-refractivity contribution in [2.24, 2.45) is 0 Å². The van der Waals surface area contributed by atoms with Crippen LogP contribution in [0.5, 0.6) is 0 Å². The molecule has 0 saturated heterocycles. The molecule has 1 rings (SSSR count). The number of hydrogen-bond acceptors (Lipinski definition) is 5. The molecule has 1 aromatic rings. The Kier molecular flexibility index (Phi) is 9.56. The maximum atomic E-state index is 12.2. The standard InChI is InChI=1S/C21H27N3O4/c1-7-12-18(23(27-5)20(25)9-3)16-14-11-15-17(22-16)19(13-8-2)24(28-6)21(26)10-4/h7-11,14-15,18-19H,1-4,12-13H2,5-6H3. The van der Waals surface area contributed by atoms with Crippen molar-refractivity contribution in [2.45, 2.75) is 24.9 Å². The Morgan fingerprint density at radius 1 is 0.929 bits per heavy atom. The molecule has 0 spiro atoms. The zero-order valence-corrected chi connectivity index (χ0v) is 16.4. The van der Waals surface area contributed by atoms with E-state index in [1.807, 2.05) is 0 Å². The first-order valence-electron chi connectivity index (χ1n) is 8.67. The van der Waals surface area contributed by atoms with Gasteiger partial charge in [0.2, 0.25) is 0 Å². The molecule has 150 valence electrons. The van der Waals surface area contributed by atoms with Crippen LogP contribution in [0, 0.1) is 0 Å². The third kappa shape index (κ3) is 5.48. The molecule has 0 fully saturated rings. The van der Waals surface area contributed by atoms with Gasteiger partial charge in [0, 0.05) is 0 Å². The maximum absolute atomic E-state index is 12.2. The van der Waals surface area contributed by atoms with Crippen molar-refractivity contribution >= 4 is 11.8 Å². The van der Waals surface area contributed by atoms with Gasteiger partial charge >= 0.3 is 0 Å². The smallest absolute Gasteiger partial charge is 0.270 e. The Morgan fingerprint density at radius 2 is 1.32 bits per heavy atom.